The second-order valence-corrected chi connectivity index (χ2v) is 20.3. The fourth-order valence-corrected chi connectivity index (χ4v) is 13.0. The summed E-state index contributed by atoms with van der Waals surface area (Å²) in [6.45, 7) is 4.74. The van der Waals surface area contributed by atoms with Gasteiger partial charge >= 0.3 is 0 Å². The van der Waals surface area contributed by atoms with Gasteiger partial charge in [-0.25, -0.2) is 0 Å². The molecule has 14 rings (SSSR count). The van der Waals surface area contributed by atoms with E-state index in [9.17, 15) is 0 Å². The van der Waals surface area contributed by atoms with Crippen LogP contribution in [0.2, 0.25) is 0 Å². The maximum absolute atomic E-state index is 3.95. The topological polar surface area (TPSA) is 0 Å². The highest BCUT2D eigenvalue weighted by Gasteiger charge is 2.35. The van der Waals surface area contributed by atoms with Crippen LogP contribution in [0.4, 0.5) is 0 Å². The van der Waals surface area contributed by atoms with E-state index in [4.69, 9.17) is 0 Å². The normalized spacial score (nSPS) is 12.9. The molecule has 0 amide bonds. The molecule has 0 saturated heterocycles. The van der Waals surface area contributed by atoms with Gasteiger partial charge in [0.25, 0.3) is 0 Å². The van der Waals surface area contributed by atoms with E-state index in [1.807, 2.05) is 0 Å². The van der Waals surface area contributed by atoms with Gasteiger partial charge in [-0.05, 0) is 165 Å². The van der Waals surface area contributed by atoms with Crippen LogP contribution in [-0.2, 0) is 5.41 Å². The summed E-state index contributed by atoms with van der Waals surface area (Å²) in [5.74, 6) is 0. The van der Waals surface area contributed by atoms with Gasteiger partial charge in [0, 0.05) is 9.89 Å². The number of hydrogen-bond acceptors (Lipinski definition) is 0. The first-order valence-corrected chi connectivity index (χ1v) is 25.2. The largest absolute Gasteiger partial charge is 0.0619 e. The van der Waals surface area contributed by atoms with Crippen molar-refractivity contribution in [3.05, 3.63) is 252 Å². The van der Waals surface area contributed by atoms with E-state index in [0.717, 1.165) is 4.47 Å². The lowest BCUT2D eigenvalue weighted by Gasteiger charge is -2.23. The molecule has 1 aliphatic carbocycles. The fraction of sp³-hybridized carbons (Fsp3) is 0.0435. The molecule has 0 atom stereocenters. The Morgan fingerprint density at radius 2 is 0.486 bits per heavy atom. The van der Waals surface area contributed by atoms with E-state index in [2.05, 4.69) is 266 Å². The molecular weight excluding hydrogens is 909 g/mol. The number of rotatable bonds is 5. The van der Waals surface area contributed by atoms with Gasteiger partial charge < -0.3 is 0 Å². The minimum atomic E-state index is -0.0787. The Labute approximate surface area is 416 Å². The summed E-state index contributed by atoms with van der Waals surface area (Å²) in [5, 5.41) is 15.0. The van der Waals surface area contributed by atoms with Crippen molar-refractivity contribution in [2.24, 2.45) is 0 Å². The van der Waals surface area contributed by atoms with E-state index in [1.54, 1.807) is 0 Å². The third kappa shape index (κ3) is 6.01. The summed E-state index contributed by atoms with van der Waals surface area (Å²) in [7, 11) is 0. The molecule has 0 nitrogen and oxygen atoms in total. The van der Waals surface area contributed by atoms with Gasteiger partial charge in [-0.1, -0.05) is 244 Å². The van der Waals surface area contributed by atoms with Crippen molar-refractivity contribution in [1.82, 2.24) is 0 Å². The maximum Gasteiger partial charge on any atom is 0.0332 e. The molecule has 0 bridgehead atoms. The van der Waals surface area contributed by atoms with E-state index in [1.165, 1.54) is 143 Å². The molecular formula is C69H45Br. The molecule has 1 heteroatoms. The molecule has 0 aromatic heterocycles. The Kier molecular flexibility index (Phi) is 9.19. The summed E-state index contributed by atoms with van der Waals surface area (Å²) in [5.41, 5.74) is 17.9. The lowest BCUT2D eigenvalue weighted by molar-refractivity contribution is 0.660. The lowest BCUT2D eigenvalue weighted by atomic mass is 9.80. The van der Waals surface area contributed by atoms with E-state index in [-0.39, 0.29) is 5.41 Å². The van der Waals surface area contributed by atoms with Crippen LogP contribution in [0.25, 0.3) is 131 Å². The Morgan fingerprint density at radius 3 is 0.829 bits per heavy atom. The Hall–Kier alpha value is -8.10. The SMILES string of the molecule is CC1(C)c2ccccc2-c2ccc(-c3c4ccccc4c(-c4ccc(-c5c6ccccc6c(-c6ccc(-c7c8ccccc8c(Br)c8ccccc78)cc6)c6ccccc56)cc4)c4ccccc34)cc21. The third-order valence-electron chi connectivity index (χ3n) is 15.5. The molecule has 13 aromatic carbocycles. The van der Waals surface area contributed by atoms with Gasteiger partial charge in [-0.15, -0.1) is 0 Å². The quantitative estimate of drug-likeness (QED) is 0.151. The van der Waals surface area contributed by atoms with E-state index in [0.29, 0.717) is 0 Å². The van der Waals surface area contributed by atoms with Crippen LogP contribution in [0.15, 0.2) is 241 Å². The summed E-state index contributed by atoms with van der Waals surface area (Å²) >= 11 is 3.95. The minimum Gasteiger partial charge on any atom is -0.0619 e. The van der Waals surface area contributed by atoms with Crippen molar-refractivity contribution < 1.29 is 0 Å². The average Bonchev–Trinajstić information content (AvgIpc) is 3.64. The summed E-state index contributed by atoms with van der Waals surface area (Å²) in [6, 6.07) is 88.3. The molecule has 0 N–H and O–H groups in total. The second kappa shape index (κ2) is 15.7. The van der Waals surface area contributed by atoms with Gasteiger partial charge in [0.15, 0.2) is 0 Å². The summed E-state index contributed by atoms with van der Waals surface area (Å²) < 4.78 is 1.14. The van der Waals surface area contributed by atoms with E-state index < -0.39 is 0 Å². The second-order valence-electron chi connectivity index (χ2n) is 19.5. The van der Waals surface area contributed by atoms with Crippen LogP contribution < -0.4 is 0 Å². The summed E-state index contributed by atoms with van der Waals surface area (Å²) in [6.07, 6.45) is 0. The number of benzene rings is 13. The van der Waals surface area contributed by atoms with Crippen molar-refractivity contribution in [2.45, 2.75) is 19.3 Å². The van der Waals surface area contributed by atoms with Crippen molar-refractivity contribution in [3.8, 4) is 66.8 Å². The molecule has 0 unspecified atom stereocenters. The van der Waals surface area contributed by atoms with Crippen molar-refractivity contribution >= 4 is 80.6 Å². The highest BCUT2D eigenvalue weighted by molar-refractivity contribution is 9.10. The zero-order chi connectivity index (χ0) is 46.7. The molecule has 0 radical (unpaired) electrons. The van der Waals surface area contributed by atoms with Gasteiger partial charge in [0.2, 0.25) is 0 Å². The number of halogens is 1. The first-order valence-electron chi connectivity index (χ1n) is 24.4. The van der Waals surface area contributed by atoms with Crippen molar-refractivity contribution in [3.63, 3.8) is 0 Å². The Morgan fingerprint density at radius 1 is 0.243 bits per heavy atom. The Bertz CT molecular complexity index is 4140. The predicted molar refractivity (Wildman–Crippen MR) is 304 cm³/mol. The van der Waals surface area contributed by atoms with Crippen LogP contribution in [0, 0.1) is 0 Å². The van der Waals surface area contributed by atoms with Crippen molar-refractivity contribution in [2.75, 3.05) is 0 Å². The zero-order valence-corrected chi connectivity index (χ0v) is 40.5. The average molecular weight is 954 g/mol. The van der Waals surface area contributed by atoms with Gasteiger partial charge in [-0.2, -0.15) is 0 Å². The smallest absolute Gasteiger partial charge is 0.0332 e. The first kappa shape index (κ1) is 40.9. The third-order valence-corrected chi connectivity index (χ3v) is 16.4. The standard InChI is InChI=1S/C69H45Br/c1-69(2)61-30-16-15-17-47(61)48-40-39-46(41-62(48)69)67-55-24-9-7-22-53(55)65(54-23-8-10-25-56(54)67)44-33-31-42(32-34-44)63-49-18-3-5-20-51(49)64(52-21-6-4-19-50(52)63)43-35-37-45(38-36-43)66-57-26-11-13-28-59(57)68(70)60-29-14-12-27-58(60)66/h3-41H,1-2H3. The molecule has 328 valence electrons. The van der Waals surface area contributed by atoms with E-state index >= 15 is 0 Å². The summed E-state index contributed by atoms with van der Waals surface area (Å²) in [4.78, 5) is 0. The first-order chi connectivity index (χ1) is 34.4. The lowest BCUT2D eigenvalue weighted by Crippen LogP contribution is -2.14. The molecule has 0 heterocycles. The van der Waals surface area contributed by atoms with Crippen LogP contribution in [0.3, 0.4) is 0 Å². The molecule has 13 aromatic rings. The van der Waals surface area contributed by atoms with Gasteiger partial charge in [-0.3, -0.25) is 0 Å². The van der Waals surface area contributed by atoms with Crippen LogP contribution in [0.1, 0.15) is 25.0 Å². The molecule has 0 fully saturated rings. The highest BCUT2D eigenvalue weighted by atomic mass is 79.9. The molecule has 0 spiro atoms. The number of hydrogen-bond donors (Lipinski definition) is 0. The number of fused-ring (bicyclic) bond motifs is 9. The molecule has 0 saturated carbocycles. The fourth-order valence-electron chi connectivity index (χ4n) is 12.4. The van der Waals surface area contributed by atoms with Crippen LogP contribution in [-0.4, -0.2) is 0 Å². The van der Waals surface area contributed by atoms with Crippen molar-refractivity contribution in [1.29, 1.82) is 0 Å². The van der Waals surface area contributed by atoms with Crippen LogP contribution >= 0.6 is 15.9 Å². The maximum atomic E-state index is 3.95. The molecule has 70 heavy (non-hydrogen) atoms. The van der Waals surface area contributed by atoms with Gasteiger partial charge in [0.1, 0.15) is 0 Å². The zero-order valence-electron chi connectivity index (χ0n) is 38.9. The van der Waals surface area contributed by atoms with Crippen LogP contribution in [0.5, 0.6) is 0 Å². The van der Waals surface area contributed by atoms with Gasteiger partial charge in [0.05, 0.1) is 0 Å². The highest BCUT2D eigenvalue weighted by Crippen LogP contribution is 2.52. The molecule has 1 aliphatic rings. The Balaban J connectivity index is 0.898. The monoisotopic (exact) mass is 952 g/mol. The molecule has 0 aliphatic heterocycles. The minimum absolute atomic E-state index is 0.0787. The predicted octanol–water partition coefficient (Wildman–Crippen LogP) is 20.0.